The molecule has 1 atom stereocenters. The summed E-state index contributed by atoms with van der Waals surface area (Å²) in [5.41, 5.74) is 1.23. The molecular weight excluding hydrogens is 186 g/mol. The summed E-state index contributed by atoms with van der Waals surface area (Å²) >= 11 is 0. The van der Waals surface area contributed by atoms with Crippen LogP contribution in [0.5, 0.6) is 0 Å². The van der Waals surface area contributed by atoms with E-state index < -0.39 is 0 Å². The lowest BCUT2D eigenvalue weighted by Crippen LogP contribution is -2.44. The highest BCUT2D eigenvalue weighted by Gasteiger charge is 2.25. The smallest absolute Gasteiger partial charge is 0.179 e. The van der Waals surface area contributed by atoms with Crippen LogP contribution in [0.15, 0.2) is 30.3 Å². The highest BCUT2D eigenvalue weighted by Crippen LogP contribution is 2.23. The summed E-state index contributed by atoms with van der Waals surface area (Å²) in [5.74, 6) is 0. The van der Waals surface area contributed by atoms with Crippen molar-refractivity contribution in [2.45, 2.75) is 6.04 Å². The van der Waals surface area contributed by atoms with Crippen LogP contribution in [0, 0.1) is 11.5 Å². The normalized spacial score (nSPS) is 22.4. The van der Waals surface area contributed by atoms with Gasteiger partial charge in [0, 0.05) is 19.6 Å². The van der Waals surface area contributed by atoms with E-state index in [0.29, 0.717) is 0 Å². The monoisotopic (exact) mass is 201 g/mol. The molecule has 0 aromatic heterocycles. The molecule has 0 bridgehead atoms. The zero-order chi connectivity index (χ0) is 10.7. The fourth-order valence-corrected chi connectivity index (χ4v) is 2.00. The van der Waals surface area contributed by atoms with Gasteiger partial charge in [-0.3, -0.25) is 0 Å². The number of nitrogens with zero attached hydrogens (tertiary/aromatic N) is 3. The summed E-state index contributed by atoms with van der Waals surface area (Å²) in [6.07, 6.45) is 2.28. The molecule has 0 saturated carbocycles. The van der Waals surface area contributed by atoms with Gasteiger partial charge in [-0.25, -0.2) is 0 Å². The first-order valence-electron chi connectivity index (χ1n) is 5.21. The van der Waals surface area contributed by atoms with Crippen molar-refractivity contribution in [2.75, 3.05) is 26.7 Å². The number of hydrogen-bond donors (Lipinski definition) is 0. The molecule has 1 aliphatic rings. The third-order valence-electron chi connectivity index (χ3n) is 2.90. The highest BCUT2D eigenvalue weighted by molar-refractivity contribution is 5.21. The van der Waals surface area contributed by atoms with Gasteiger partial charge in [-0.1, -0.05) is 30.3 Å². The molecule has 0 N–H and O–H groups in total. The van der Waals surface area contributed by atoms with E-state index in [1.165, 1.54) is 5.56 Å². The van der Waals surface area contributed by atoms with Crippen molar-refractivity contribution in [3.8, 4) is 6.19 Å². The Balaban J connectivity index is 2.22. The molecule has 15 heavy (non-hydrogen) atoms. The Hall–Kier alpha value is -1.53. The summed E-state index contributed by atoms with van der Waals surface area (Å²) in [6, 6.07) is 10.5. The predicted octanol–water partition coefficient (Wildman–Crippen LogP) is 1.46. The van der Waals surface area contributed by atoms with E-state index in [-0.39, 0.29) is 6.04 Å². The lowest BCUT2D eigenvalue weighted by molar-refractivity contribution is 0.140. The molecule has 3 heteroatoms. The minimum Gasteiger partial charge on any atom is -0.302 e. The van der Waals surface area contributed by atoms with E-state index >= 15 is 0 Å². The van der Waals surface area contributed by atoms with E-state index in [1.807, 2.05) is 23.1 Å². The number of likely N-dealkylation sites (N-methyl/N-ethyl adjacent to an activating group) is 1. The summed E-state index contributed by atoms with van der Waals surface area (Å²) in [4.78, 5) is 4.14. The van der Waals surface area contributed by atoms with Crippen LogP contribution in [-0.2, 0) is 0 Å². The molecule has 1 heterocycles. The van der Waals surface area contributed by atoms with Crippen LogP contribution in [0.4, 0.5) is 0 Å². The van der Waals surface area contributed by atoms with Gasteiger partial charge in [0.2, 0.25) is 0 Å². The average molecular weight is 201 g/mol. The number of rotatable bonds is 1. The van der Waals surface area contributed by atoms with E-state index in [9.17, 15) is 0 Å². The van der Waals surface area contributed by atoms with Crippen molar-refractivity contribution in [2.24, 2.45) is 0 Å². The molecule has 78 valence electrons. The number of hydrogen-bond acceptors (Lipinski definition) is 3. The predicted molar refractivity (Wildman–Crippen MR) is 59.0 cm³/mol. The number of benzene rings is 1. The van der Waals surface area contributed by atoms with Crippen LogP contribution >= 0.6 is 0 Å². The van der Waals surface area contributed by atoms with Crippen molar-refractivity contribution in [1.82, 2.24) is 9.80 Å². The molecule has 0 amide bonds. The second-order valence-corrected chi connectivity index (χ2v) is 3.98. The summed E-state index contributed by atoms with van der Waals surface area (Å²) in [5, 5.41) is 9.07. The first-order valence-corrected chi connectivity index (χ1v) is 5.21. The maximum Gasteiger partial charge on any atom is 0.179 e. The van der Waals surface area contributed by atoms with E-state index in [4.69, 9.17) is 5.26 Å². The number of piperazine rings is 1. The first kappa shape index (κ1) is 10.0. The van der Waals surface area contributed by atoms with Crippen molar-refractivity contribution in [3.05, 3.63) is 35.9 Å². The van der Waals surface area contributed by atoms with Crippen molar-refractivity contribution >= 4 is 0 Å². The lowest BCUT2D eigenvalue weighted by atomic mass is 10.0. The van der Waals surface area contributed by atoms with Gasteiger partial charge in [-0.05, 0) is 12.6 Å². The first-order chi connectivity index (χ1) is 7.31. The maximum absolute atomic E-state index is 9.07. The fraction of sp³-hybridized carbons (Fsp3) is 0.417. The molecule has 1 aliphatic heterocycles. The third kappa shape index (κ3) is 2.11. The Morgan fingerprint density at radius 3 is 2.67 bits per heavy atom. The summed E-state index contributed by atoms with van der Waals surface area (Å²) in [6.45, 7) is 2.72. The van der Waals surface area contributed by atoms with Gasteiger partial charge in [0.25, 0.3) is 0 Å². The second-order valence-electron chi connectivity index (χ2n) is 3.98. The van der Waals surface area contributed by atoms with Crippen LogP contribution < -0.4 is 0 Å². The zero-order valence-corrected chi connectivity index (χ0v) is 8.93. The van der Waals surface area contributed by atoms with Gasteiger partial charge in [0.1, 0.15) is 0 Å². The molecule has 3 nitrogen and oxygen atoms in total. The van der Waals surface area contributed by atoms with Crippen molar-refractivity contribution in [3.63, 3.8) is 0 Å². The topological polar surface area (TPSA) is 30.3 Å². The summed E-state index contributed by atoms with van der Waals surface area (Å²) < 4.78 is 0. The lowest BCUT2D eigenvalue weighted by Gasteiger charge is -2.36. The minimum atomic E-state index is 0.218. The SMILES string of the molecule is CN1CCN(C#N)C(c2ccccc2)C1. The molecule has 1 aromatic rings. The van der Waals surface area contributed by atoms with Crippen LogP contribution in [0.3, 0.4) is 0 Å². The Labute approximate surface area is 90.5 Å². The van der Waals surface area contributed by atoms with Gasteiger partial charge < -0.3 is 9.80 Å². The Morgan fingerprint density at radius 1 is 1.27 bits per heavy atom. The Bertz CT molecular complexity index is 355. The minimum absolute atomic E-state index is 0.218. The van der Waals surface area contributed by atoms with Crippen LogP contribution in [-0.4, -0.2) is 36.5 Å². The molecule has 0 radical (unpaired) electrons. The largest absolute Gasteiger partial charge is 0.302 e. The van der Waals surface area contributed by atoms with Crippen molar-refractivity contribution < 1.29 is 0 Å². The second kappa shape index (κ2) is 4.33. The van der Waals surface area contributed by atoms with Crippen LogP contribution in [0.1, 0.15) is 11.6 Å². The fourth-order valence-electron chi connectivity index (χ4n) is 2.00. The molecular formula is C12H15N3. The standard InChI is InChI=1S/C12H15N3/c1-14-7-8-15(10-13)12(9-14)11-5-3-2-4-6-11/h2-6,12H,7-9H2,1H3. The Kier molecular flexibility index (Phi) is 2.89. The van der Waals surface area contributed by atoms with E-state index in [0.717, 1.165) is 19.6 Å². The molecule has 0 aliphatic carbocycles. The third-order valence-corrected chi connectivity index (χ3v) is 2.90. The summed E-state index contributed by atoms with van der Waals surface area (Å²) in [7, 11) is 2.10. The van der Waals surface area contributed by atoms with Gasteiger partial charge in [-0.2, -0.15) is 5.26 Å². The molecule has 1 aromatic carbocycles. The number of nitriles is 1. The van der Waals surface area contributed by atoms with Crippen LogP contribution in [0.2, 0.25) is 0 Å². The van der Waals surface area contributed by atoms with Gasteiger partial charge in [0.15, 0.2) is 6.19 Å². The quantitative estimate of drug-likeness (QED) is 0.644. The van der Waals surface area contributed by atoms with Gasteiger partial charge >= 0.3 is 0 Å². The van der Waals surface area contributed by atoms with E-state index in [1.54, 1.807) is 0 Å². The highest BCUT2D eigenvalue weighted by atomic mass is 15.3. The van der Waals surface area contributed by atoms with Crippen LogP contribution in [0.25, 0.3) is 0 Å². The molecule has 1 fully saturated rings. The zero-order valence-electron chi connectivity index (χ0n) is 8.93. The maximum atomic E-state index is 9.07. The van der Waals surface area contributed by atoms with Gasteiger partial charge in [-0.15, -0.1) is 0 Å². The molecule has 1 saturated heterocycles. The molecule has 2 rings (SSSR count). The average Bonchev–Trinajstić information content (AvgIpc) is 2.30. The molecule has 0 spiro atoms. The van der Waals surface area contributed by atoms with Gasteiger partial charge in [0.05, 0.1) is 6.04 Å². The van der Waals surface area contributed by atoms with Crippen molar-refractivity contribution in [1.29, 1.82) is 5.26 Å². The van der Waals surface area contributed by atoms with E-state index in [2.05, 4.69) is 30.3 Å². The Morgan fingerprint density at radius 2 is 2.00 bits per heavy atom. The molecule has 1 unspecified atom stereocenters.